The van der Waals surface area contributed by atoms with Crippen molar-refractivity contribution in [2.24, 2.45) is 9.98 Å². The van der Waals surface area contributed by atoms with Gasteiger partial charge < -0.3 is 14.9 Å². The number of rotatable bonds is 4. The summed E-state index contributed by atoms with van der Waals surface area (Å²) in [6.07, 6.45) is 13.0. The van der Waals surface area contributed by atoms with Crippen molar-refractivity contribution in [2.75, 3.05) is 0 Å². The van der Waals surface area contributed by atoms with E-state index >= 15 is 0 Å². The Balaban J connectivity index is 0.00000225. The van der Waals surface area contributed by atoms with Crippen molar-refractivity contribution in [3.63, 3.8) is 0 Å². The van der Waals surface area contributed by atoms with Crippen LogP contribution < -0.4 is 0 Å². The fraction of sp³-hybridized carbons (Fsp3) is 0.609. The predicted octanol–water partition coefficient (Wildman–Crippen LogP) is 6.26. The molecule has 2 saturated carbocycles. The molecule has 3 nitrogen and oxygen atoms in total. The zero-order valence-electron chi connectivity index (χ0n) is 17.7. The Morgan fingerprint density at radius 1 is 0.741 bits per heavy atom. The van der Waals surface area contributed by atoms with Gasteiger partial charge in [-0.05, 0) is 51.7 Å². The first kappa shape index (κ1) is 26.0. The molecule has 0 spiro atoms. The van der Waals surface area contributed by atoms with Gasteiger partial charge in [0.1, 0.15) is 0 Å². The molecule has 152 valence electrons. The SMILES string of the molecule is CC(=NC1CCCCC1)c1cccc(C(C)=NC2CCCCC2)n1.[CH3-].[CH3-].[Fe+2]. The molecule has 4 heteroatoms. The number of hydrogen-bond acceptors (Lipinski definition) is 3. The van der Waals surface area contributed by atoms with Crippen molar-refractivity contribution in [1.82, 2.24) is 4.98 Å². The van der Waals surface area contributed by atoms with Gasteiger partial charge in [-0.25, -0.2) is 4.98 Å². The van der Waals surface area contributed by atoms with Crippen LogP contribution in [0.2, 0.25) is 0 Å². The minimum atomic E-state index is 0. The number of aliphatic imine (C=N–C) groups is 2. The maximum atomic E-state index is 4.94. The fourth-order valence-corrected chi connectivity index (χ4v) is 3.94. The molecule has 1 heterocycles. The quantitative estimate of drug-likeness (QED) is 0.327. The van der Waals surface area contributed by atoms with Crippen LogP contribution >= 0.6 is 0 Å². The van der Waals surface area contributed by atoms with Crippen molar-refractivity contribution >= 4 is 11.4 Å². The molecule has 1 aromatic heterocycles. The van der Waals surface area contributed by atoms with E-state index in [1.54, 1.807) is 0 Å². The van der Waals surface area contributed by atoms with Crippen LogP contribution in [-0.2, 0) is 17.1 Å². The summed E-state index contributed by atoms with van der Waals surface area (Å²) >= 11 is 0. The predicted molar refractivity (Wildman–Crippen MR) is 115 cm³/mol. The Morgan fingerprint density at radius 3 is 1.48 bits per heavy atom. The topological polar surface area (TPSA) is 37.6 Å². The van der Waals surface area contributed by atoms with E-state index < -0.39 is 0 Å². The van der Waals surface area contributed by atoms with Crippen molar-refractivity contribution in [2.45, 2.75) is 90.1 Å². The minimum Gasteiger partial charge on any atom is -0.358 e. The fourth-order valence-electron chi connectivity index (χ4n) is 3.94. The molecule has 0 unspecified atom stereocenters. The standard InChI is InChI=1S/C21H31N3.2CH3.Fe/c1-16(22-18-10-5-3-6-11-18)20-14-9-15-21(24-20)17(2)23-19-12-7-4-8-13-19;;;/h9,14-15,18-19H,3-8,10-13H2,1-2H3;2*1H3;/q;2*-1;+2. The van der Waals surface area contributed by atoms with E-state index in [9.17, 15) is 0 Å². The zero-order valence-corrected chi connectivity index (χ0v) is 18.8. The monoisotopic (exact) mass is 411 g/mol. The van der Waals surface area contributed by atoms with Crippen LogP contribution in [0.25, 0.3) is 0 Å². The Morgan fingerprint density at radius 2 is 1.11 bits per heavy atom. The zero-order chi connectivity index (χ0) is 16.8. The molecular weight excluding hydrogens is 374 g/mol. The molecule has 0 bridgehead atoms. The van der Waals surface area contributed by atoms with Gasteiger partial charge in [0.2, 0.25) is 0 Å². The van der Waals surface area contributed by atoms with E-state index in [0.29, 0.717) is 12.1 Å². The molecule has 0 radical (unpaired) electrons. The van der Waals surface area contributed by atoms with Gasteiger partial charge in [0.05, 0.1) is 34.9 Å². The summed E-state index contributed by atoms with van der Waals surface area (Å²) in [5.74, 6) is 0. The van der Waals surface area contributed by atoms with E-state index in [0.717, 1.165) is 22.8 Å². The summed E-state index contributed by atoms with van der Waals surface area (Å²) in [5.41, 5.74) is 4.18. The van der Waals surface area contributed by atoms with Crippen LogP contribution in [0.5, 0.6) is 0 Å². The molecule has 2 aliphatic rings. The van der Waals surface area contributed by atoms with Crippen LogP contribution in [0.4, 0.5) is 0 Å². The molecule has 1 aromatic rings. The van der Waals surface area contributed by atoms with E-state index in [2.05, 4.69) is 32.0 Å². The molecule has 0 N–H and O–H groups in total. The Labute approximate surface area is 178 Å². The largest absolute Gasteiger partial charge is 2.00 e. The van der Waals surface area contributed by atoms with Gasteiger partial charge in [0.25, 0.3) is 0 Å². The number of aromatic nitrogens is 1. The third-order valence-electron chi connectivity index (χ3n) is 5.39. The second kappa shape index (κ2) is 13.2. The van der Waals surface area contributed by atoms with Crippen LogP contribution in [0.3, 0.4) is 0 Å². The molecular formula is C23H37FeN3. The second-order valence-corrected chi connectivity index (χ2v) is 7.42. The molecule has 2 fully saturated rings. The third-order valence-corrected chi connectivity index (χ3v) is 5.39. The van der Waals surface area contributed by atoms with Crippen molar-refractivity contribution in [3.05, 3.63) is 44.4 Å². The molecule has 3 rings (SSSR count). The van der Waals surface area contributed by atoms with Gasteiger partial charge in [-0.15, -0.1) is 0 Å². The second-order valence-electron chi connectivity index (χ2n) is 7.42. The molecule has 0 atom stereocenters. The Hall–Kier alpha value is -0.991. The number of nitrogens with zero attached hydrogens (tertiary/aromatic N) is 3. The van der Waals surface area contributed by atoms with Crippen LogP contribution in [-0.4, -0.2) is 28.5 Å². The molecule has 27 heavy (non-hydrogen) atoms. The van der Waals surface area contributed by atoms with Gasteiger partial charge in [-0.2, -0.15) is 0 Å². The van der Waals surface area contributed by atoms with Crippen molar-refractivity contribution in [3.8, 4) is 0 Å². The van der Waals surface area contributed by atoms with E-state index in [4.69, 9.17) is 15.0 Å². The maximum absolute atomic E-state index is 4.94. The molecule has 2 aliphatic carbocycles. The van der Waals surface area contributed by atoms with Gasteiger partial charge in [-0.3, -0.25) is 9.98 Å². The van der Waals surface area contributed by atoms with Crippen LogP contribution in [0.1, 0.15) is 89.4 Å². The molecule has 0 saturated heterocycles. The average Bonchev–Trinajstić information content (AvgIpc) is 2.63. The van der Waals surface area contributed by atoms with Crippen molar-refractivity contribution < 1.29 is 17.1 Å². The smallest absolute Gasteiger partial charge is 0.358 e. The Bertz CT molecular complexity index is 548. The first-order valence-corrected chi connectivity index (χ1v) is 9.79. The summed E-state index contributed by atoms with van der Waals surface area (Å²) in [5, 5.41) is 0. The number of hydrogen-bond donors (Lipinski definition) is 0. The summed E-state index contributed by atoms with van der Waals surface area (Å²) in [6.45, 7) is 4.21. The first-order chi connectivity index (χ1) is 11.7. The normalized spacial score (nSPS) is 19.5. The summed E-state index contributed by atoms with van der Waals surface area (Å²) < 4.78 is 0. The van der Waals surface area contributed by atoms with Crippen LogP contribution in [0, 0.1) is 14.9 Å². The van der Waals surface area contributed by atoms with Crippen LogP contribution in [0.15, 0.2) is 28.2 Å². The molecule has 0 amide bonds. The van der Waals surface area contributed by atoms with Gasteiger partial charge in [0.15, 0.2) is 0 Å². The first-order valence-electron chi connectivity index (χ1n) is 9.79. The Kier molecular flexibility index (Phi) is 12.7. The minimum absolute atomic E-state index is 0. The molecule has 0 aliphatic heterocycles. The van der Waals surface area contributed by atoms with Gasteiger partial charge >= 0.3 is 17.1 Å². The summed E-state index contributed by atoms with van der Waals surface area (Å²) in [4.78, 5) is 14.7. The van der Waals surface area contributed by atoms with E-state index in [1.807, 2.05) is 0 Å². The van der Waals surface area contributed by atoms with E-state index in [1.165, 1.54) is 64.2 Å². The van der Waals surface area contributed by atoms with E-state index in [-0.39, 0.29) is 31.9 Å². The maximum Gasteiger partial charge on any atom is 2.00 e. The molecule has 0 aromatic carbocycles. The van der Waals surface area contributed by atoms with Crippen molar-refractivity contribution in [1.29, 1.82) is 0 Å². The average molecular weight is 411 g/mol. The third kappa shape index (κ3) is 7.87. The van der Waals surface area contributed by atoms with Gasteiger partial charge in [-0.1, -0.05) is 44.6 Å². The number of pyridine rings is 1. The summed E-state index contributed by atoms with van der Waals surface area (Å²) in [6, 6.07) is 7.26. The van der Waals surface area contributed by atoms with Gasteiger partial charge in [0, 0.05) is 0 Å². The summed E-state index contributed by atoms with van der Waals surface area (Å²) in [7, 11) is 0.